The molecular formula is C21H20O5. The third-order valence-corrected chi connectivity index (χ3v) is 4.63. The summed E-state index contributed by atoms with van der Waals surface area (Å²) in [5.41, 5.74) is 3.03. The minimum absolute atomic E-state index is 0.0430. The lowest BCUT2D eigenvalue weighted by Crippen LogP contribution is -2.12. The number of allylic oxidation sites excluding steroid dienone is 2. The van der Waals surface area contributed by atoms with Crippen LogP contribution < -0.4 is 9.47 Å². The molecule has 1 aliphatic rings. The molecule has 0 unspecified atom stereocenters. The summed E-state index contributed by atoms with van der Waals surface area (Å²) in [4.78, 5) is 23.3. The first-order valence-corrected chi connectivity index (χ1v) is 8.31. The van der Waals surface area contributed by atoms with Crippen LogP contribution >= 0.6 is 0 Å². The number of ether oxygens (including phenoxy) is 2. The lowest BCUT2D eigenvalue weighted by atomic mass is 9.81. The average Bonchev–Trinajstić information content (AvgIpc) is 2.67. The number of rotatable bonds is 5. The molecule has 0 amide bonds. The first kappa shape index (κ1) is 17.7. The van der Waals surface area contributed by atoms with E-state index in [1.807, 2.05) is 18.2 Å². The second-order valence-electron chi connectivity index (χ2n) is 6.24. The lowest BCUT2D eigenvalue weighted by molar-refractivity contribution is -0.115. The molecule has 5 nitrogen and oxygen atoms in total. The first-order valence-electron chi connectivity index (χ1n) is 8.31. The van der Waals surface area contributed by atoms with Gasteiger partial charge in [-0.3, -0.25) is 4.79 Å². The van der Waals surface area contributed by atoms with Crippen molar-refractivity contribution in [3.05, 3.63) is 65.2 Å². The van der Waals surface area contributed by atoms with Crippen LogP contribution in [0.15, 0.2) is 48.5 Å². The Bertz CT molecular complexity index is 864. The van der Waals surface area contributed by atoms with E-state index in [0.717, 1.165) is 16.7 Å². The zero-order valence-corrected chi connectivity index (χ0v) is 14.7. The molecule has 0 spiro atoms. The van der Waals surface area contributed by atoms with E-state index in [0.29, 0.717) is 24.3 Å². The maximum atomic E-state index is 12.3. The van der Waals surface area contributed by atoms with Gasteiger partial charge in [0.1, 0.15) is 0 Å². The fraction of sp³-hybridized carbons (Fsp3) is 0.238. The van der Waals surface area contributed by atoms with Crippen LogP contribution in [0.2, 0.25) is 0 Å². The minimum atomic E-state index is -0.964. The highest BCUT2D eigenvalue weighted by molar-refractivity contribution is 5.99. The Kier molecular flexibility index (Phi) is 5.07. The Morgan fingerprint density at radius 2 is 1.69 bits per heavy atom. The molecule has 0 aliphatic heterocycles. The maximum absolute atomic E-state index is 12.3. The number of carbonyl (C=O) groups is 2. The summed E-state index contributed by atoms with van der Waals surface area (Å²) in [6.07, 6.45) is 2.80. The molecule has 0 saturated carbocycles. The number of carboxylic acid groups (broad SMARTS) is 1. The van der Waals surface area contributed by atoms with Crippen LogP contribution in [0, 0.1) is 0 Å². The van der Waals surface area contributed by atoms with E-state index in [4.69, 9.17) is 14.6 Å². The fourth-order valence-corrected chi connectivity index (χ4v) is 3.26. The van der Waals surface area contributed by atoms with Crippen LogP contribution in [0.25, 0.3) is 5.57 Å². The Hall–Kier alpha value is -3.08. The molecule has 0 saturated heterocycles. The molecule has 0 fully saturated rings. The average molecular weight is 352 g/mol. The van der Waals surface area contributed by atoms with Crippen molar-refractivity contribution >= 4 is 17.3 Å². The Labute approximate surface area is 151 Å². The maximum Gasteiger partial charge on any atom is 0.335 e. The molecule has 2 aromatic carbocycles. The second kappa shape index (κ2) is 7.44. The van der Waals surface area contributed by atoms with Crippen molar-refractivity contribution in [2.75, 3.05) is 14.2 Å². The predicted molar refractivity (Wildman–Crippen MR) is 97.9 cm³/mol. The smallest absolute Gasteiger partial charge is 0.335 e. The highest BCUT2D eigenvalue weighted by atomic mass is 16.5. The molecule has 2 aromatic rings. The molecule has 0 heterocycles. The largest absolute Gasteiger partial charge is 0.493 e. The van der Waals surface area contributed by atoms with Crippen molar-refractivity contribution in [2.45, 2.75) is 18.8 Å². The highest BCUT2D eigenvalue weighted by Gasteiger charge is 2.24. The van der Waals surface area contributed by atoms with Gasteiger partial charge in [0.05, 0.1) is 19.8 Å². The number of carboxylic acids is 1. The number of hydrogen-bond donors (Lipinski definition) is 1. The van der Waals surface area contributed by atoms with E-state index in [1.54, 1.807) is 44.6 Å². The standard InChI is InChI=1S/C21H20O5/c1-25-19-8-7-15(12-20(19)26-2)17-9-16(10-18(22)11-17)13-3-5-14(6-4-13)21(23)24/h3-8,10,12,17H,9,11H2,1-2H3,(H,23,24)/t17-/m1/s1. The third-order valence-electron chi connectivity index (χ3n) is 4.63. The number of hydrogen-bond acceptors (Lipinski definition) is 4. The molecule has 1 N–H and O–H groups in total. The van der Waals surface area contributed by atoms with Crippen molar-refractivity contribution in [1.82, 2.24) is 0 Å². The molecule has 134 valence electrons. The Morgan fingerprint density at radius 1 is 1.00 bits per heavy atom. The summed E-state index contributed by atoms with van der Waals surface area (Å²) in [6.45, 7) is 0. The van der Waals surface area contributed by atoms with Gasteiger partial charge in [0, 0.05) is 6.42 Å². The molecule has 0 radical (unpaired) electrons. The van der Waals surface area contributed by atoms with E-state index < -0.39 is 5.97 Å². The van der Waals surface area contributed by atoms with Gasteiger partial charge < -0.3 is 14.6 Å². The molecular weight excluding hydrogens is 332 g/mol. The number of aromatic carboxylic acids is 1. The summed E-state index contributed by atoms with van der Waals surface area (Å²) in [5.74, 6) is 0.432. The topological polar surface area (TPSA) is 72.8 Å². The SMILES string of the molecule is COc1ccc([C@H]2CC(=O)C=C(c3ccc(C(=O)O)cc3)C2)cc1OC. The fourth-order valence-electron chi connectivity index (χ4n) is 3.26. The first-order chi connectivity index (χ1) is 12.5. The minimum Gasteiger partial charge on any atom is -0.493 e. The van der Waals surface area contributed by atoms with Crippen LogP contribution in [0.4, 0.5) is 0 Å². The van der Waals surface area contributed by atoms with Crippen molar-refractivity contribution in [1.29, 1.82) is 0 Å². The summed E-state index contributed by atoms with van der Waals surface area (Å²) in [6, 6.07) is 12.3. The van der Waals surface area contributed by atoms with Gasteiger partial charge in [0.15, 0.2) is 17.3 Å². The highest BCUT2D eigenvalue weighted by Crippen LogP contribution is 2.39. The van der Waals surface area contributed by atoms with Crippen LogP contribution in [0.1, 0.15) is 40.2 Å². The van der Waals surface area contributed by atoms with E-state index in [2.05, 4.69) is 0 Å². The molecule has 0 bridgehead atoms. The zero-order valence-electron chi connectivity index (χ0n) is 14.7. The number of ketones is 1. The van der Waals surface area contributed by atoms with E-state index in [1.165, 1.54) is 0 Å². The van der Waals surface area contributed by atoms with Crippen LogP contribution in [-0.4, -0.2) is 31.1 Å². The Morgan fingerprint density at radius 3 is 2.31 bits per heavy atom. The van der Waals surface area contributed by atoms with E-state index in [-0.39, 0.29) is 17.3 Å². The van der Waals surface area contributed by atoms with Gasteiger partial charge in [0.25, 0.3) is 0 Å². The summed E-state index contributed by atoms with van der Waals surface area (Å²) in [7, 11) is 3.17. The van der Waals surface area contributed by atoms with Crippen LogP contribution in [-0.2, 0) is 4.79 Å². The van der Waals surface area contributed by atoms with Crippen LogP contribution in [0.5, 0.6) is 11.5 Å². The quantitative estimate of drug-likeness (QED) is 0.882. The van der Waals surface area contributed by atoms with Gasteiger partial charge in [-0.2, -0.15) is 0 Å². The monoisotopic (exact) mass is 352 g/mol. The van der Waals surface area contributed by atoms with Gasteiger partial charge in [0.2, 0.25) is 0 Å². The second-order valence-corrected chi connectivity index (χ2v) is 6.24. The van der Waals surface area contributed by atoms with Gasteiger partial charge in [-0.05, 0) is 59.4 Å². The van der Waals surface area contributed by atoms with E-state index >= 15 is 0 Å². The molecule has 5 heteroatoms. The molecule has 0 aromatic heterocycles. The summed E-state index contributed by atoms with van der Waals surface area (Å²) in [5, 5.41) is 9.02. The Balaban J connectivity index is 1.88. The van der Waals surface area contributed by atoms with Crippen molar-refractivity contribution in [2.24, 2.45) is 0 Å². The third kappa shape index (κ3) is 3.61. The molecule has 1 aliphatic carbocycles. The van der Waals surface area contributed by atoms with Crippen LogP contribution in [0.3, 0.4) is 0 Å². The van der Waals surface area contributed by atoms with E-state index in [9.17, 15) is 9.59 Å². The molecule has 3 rings (SSSR count). The van der Waals surface area contributed by atoms with Gasteiger partial charge in [-0.25, -0.2) is 4.79 Å². The summed E-state index contributed by atoms with van der Waals surface area (Å²) >= 11 is 0. The van der Waals surface area contributed by atoms with Gasteiger partial charge in [-0.15, -0.1) is 0 Å². The summed E-state index contributed by atoms with van der Waals surface area (Å²) < 4.78 is 10.6. The van der Waals surface area contributed by atoms with Crippen molar-refractivity contribution < 1.29 is 24.2 Å². The number of methoxy groups -OCH3 is 2. The zero-order chi connectivity index (χ0) is 18.7. The van der Waals surface area contributed by atoms with Crippen molar-refractivity contribution in [3.8, 4) is 11.5 Å². The lowest BCUT2D eigenvalue weighted by Gasteiger charge is -2.23. The van der Waals surface area contributed by atoms with Gasteiger partial charge in [-0.1, -0.05) is 18.2 Å². The van der Waals surface area contributed by atoms with Crippen molar-refractivity contribution in [3.63, 3.8) is 0 Å². The molecule has 26 heavy (non-hydrogen) atoms. The predicted octanol–water partition coefficient (Wildman–Crippen LogP) is 3.93. The van der Waals surface area contributed by atoms with Gasteiger partial charge >= 0.3 is 5.97 Å². The number of benzene rings is 2. The normalized spacial score (nSPS) is 16.8. The number of carbonyl (C=O) groups excluding carboxylic acids is 1. The molecule has 1 atom stereocenters.